The first kappa shape index (κ1) is 22.2. The third kappa shape index (κ3) is 4.22. The fourth-order valence-corrected chi connectivity index (χ4v) is 5.49. The van der Waals surface area contributed by atoms with Gasteiger partial charge in [-0.3, -0.25) is 14.5 Å². The zero-order valence-electron chi connectivity index (χ0n) is 19.8. The van der Waals surface area contributed by atoms with E-state index >= 15 is 0 Å². The number of nitrogens with zero attached hydrogens (tertiary/aromatic N) is 4. The number of piperazine rings is 1. The van der Waals surface area contributed by atoms with Gasteiger partial charge in [-0.25, -0.2) is 0 Å². The molecule has 1 saturated heterocycles. The Hall–Kier alpha value is -2.58. The minimum atomic E-state index is -0.959. The van der Waals surface area contributed by atoms with Crippen molar-refractivity contribution in [1.29, 1.82) is 0 Å². The number of fused-ring (bicyclic) bond motifs is 1. The van der Waals surface area contributed by atoms with Gasteiger partial charge in [-0.1, -0.05) is 12.8 Å². The van der Waals surface area contributed by atoms with Crippen molar-refractivity contribution in [3.8, 4) is 11.5 Å². The predicted octanol–water partition coefficient (Wildman–Crippen LogP) is 2.27. The highest BCUT2D eigenvalue weighted by Gasteiger charge is 2.48. The molecule has 5 rings (SSSR count). The molecule has 1 atom stereocenters. The van der Waals surface area contributed by atoms with E-state index in [2.05, 4.69) is 22.2 Å². The summed E-state index contributed by atoms with van der Waals surface area (Å²) in [5.74, 6) is 0.571. The predicted molar refractivity (Wildman–Crippen MR) is 126 cm³/mol. The van der Waals surface area contributed by atoms with Gasteiger partial charge in [-0.05, 0) is 51.1 Å². The van der Waals surface area contributed by atoms with Crippen LogP contribution in [0.15, 0.2) is 34.9 Å². The Morgan fingerprint density at radius 2 is 1.82 bits per heavy atom. The zero-order chi connectivity index (χ0) is 23.0. The number of nitrogens with one attached hydrogen (secondary N) is 1. The zero-order valence-corrected chi connectivity index (χ0v) is 19.8. The number of aromatic nitrogens is 1. The fourth-order valence-electron chi connectivity index (χ4n) is 5.49. The Morgan fingerprint density at radius 1 is 1.09 bits per heavy atom. The van der Waals surface area contributed by atoms with Gasteiger partial charge in [0.05, 0.1) is 18.5 Å². The number of furan rings is 1. The van der Waals surface area contributed by atoms with Crippen LogP contribution in [-0.2, 0) is 11.3 Å². The monoisotopic (exact) mass is 453 g/mol. The van der Waals surface area contributed by atoms with Crippen LogP contribution in [0.2, 0.25) is 0 Å². The number of carbonyl (C=O) groups is 2. The second-order valence-electron chi connectivity index (χ2n) is 10.00. The van der Waals surface area contributed by atoms with E-state index in [4.69, 9.17) is 4.42 Å². The lowest BCUT2D eigenvalue weighted by Gasteiger charge is -2.45. The smallest absolute Gasteiger partial charge is 0.271 e. The number of likely N-dealkylation sites (N-methyl/N-ethyl adjacent to an activating group) is 1. The molecule has 2 aromatic heterocycles. The highest BCUT2D eigenvalue weighted by Crippen LogP contribution is 2.33. The molecule has 3 aliphatic rings. The standard InChI is InChI=1S/C25H35N5O3/c1-25(24(32)26-19-6-3-4-7-19)18-29-20(22-8-5-17-33-22)9-10-21(29)23(31)30(25)16-15-28-13-11-27(2)12-14-28/h5,8-10,17,19H,3-4,6-7,11-16,18H2,1-2H3,(H,26,32)/t25-/m0/s1. The molecule has 2 aliphatic heterocycles. The third-order valence-electron chi connectivity index (χ3n) is 7.70. The molecule has 0 radical (unpaired) electrons. The van der Waals surface area contributed by atoms with E-state index in [1.165, 1.54) is 0 Å². The topological polar surface area (TPSA) is 74.0 Å². The van der Waals surface area contributed by atoms with E-state index < -0.39 is 5.54 Å². The number of hydrogen-bond donors (Lipinski definition) is 1. The summed E-state index contributed by atoms with van der Waals surface area (Å²) >= 11 is 0. The van der Waals surface area contributed by atoms with Crippen molar-refractivity contribution in [2.24, 2.45) is 0 Å². The quantitative estimate of drug-likeness (QED) is 0.726. The van der Waals surface area contributed by atoms with Crippen LogP contribution in [0.25, 0.3) is 11.5 Å². The second-order valence-corrected chi connectivity index (χ2v) is 10.00. The largest absolute Gasteiger partial charge is 0.463 e. The SMILES string of the molecule is CN1CCN(CCN2C(=O)c3ccc(-c4ccco4)n3C[C@@]2(C)C(=O)NC2CCCC2)CC1. The summed E-state index contributed by atoms with van der Waals surface area (Å²) < 4.78 is 7.58. The lowest BCUT2D eigenvalue weighted by molar-refractivity contribution is -0.133. The summed E-state index contributed by atoms with van der Waals surface area (Å²) in [6.07, 6.45) is 5.97. The van der Waals surface area contributed by atoms with Crippen molar-refractivity contribution in [2.45, 2.75) is 50.7 Å². The average molecular weight is 454 g/mol. The molecule has 4 heterocycles. The highest BCUT2D eigenvalue weighted by molar-refractivity contribution is 6.00. The molecule has 0 bridgehead atoms. The van der Waals surface area contributed by atoms with Gasteiger partial charge in [0.2, 0.25) is 5.91 Å². The van der Waals surface area contributed by atoms with Crippen molar-refractivity contribution in [3.63, 3.8) is 0 Å². The lowest BCUT2D eigenvalue weighted by Crippen LogP contribution is -2.66. The van der Waals surface area contributed by atoms with Gasteiger partial charge < -0.3 is 24.1 Å². The maximum Gasteiger partial charge on any atom is 0.271 e. The highest BCUT2D eigenvalue weighted by atomic mass is 16.3. The van der Waals surface area contributed by atoms with Gasteiger partial charge >= 0.3 is 0 Å². The molecule has 178 valence electrons. The van der Waals surface area contributed by atoms with Crippen molar-refractivity contribution in [2.75, 3.05) is 46.3 Å². The van der Waals surface area contributed by atoms with E-state index in [-0.39, 0.29) is 17.9 Å². The van der Waals surface area contributed by atoms with Crippen LogP contribution in [0.3, 0.4) is 0 Å². The first-order valence-corrected chi connectivity index (χ1v) is 12.2. The summed E-state index contributed by atoms with van der Waals surface area (Å²) in [6.45, 7) is 7.69. The van der Waals surface area contributed by atoms with Gasteiger partial charge in [0, 0.05) is 45.3 Å². The van der Waals surface area contributed by atoms with E-state index in [0.29, 0.717) is 24.5 Å². The molecule has 8 heteroatoms. The molecule has 2 fully saturated rings. The fraction of sp³-hybridized carbons (Fsp3) is 0.600. The van der Waals surface area contributed by atoms with E-state index in [9.17, 15) is 9.59 Å². The summed E-state index contributed by atoms with van der Waals surface area (Å²) in [5.41, 5.74) is 0.493. The molecule has 0 aromatic carbocycles. The van der Waals surface area contributed by atoms with Gasteiger partial charge in [0.15, 0.2) is 0 Å². The summed E-state index contributed by atoms with van der Waals surface area (Å²) in [4.78, 5) is 34.0. The Kier molecular flexibility index (Phi) is 6.05. The number of amides is 2. The van der Waals surface area contributed by atoms with Crippen LogP contribution in [-0.4, -0.2) is 89.0 Å². The number of carbonyl (C=O) groups excluding carboxylic acids is 2. The van der Waals surface area contributed by atoms with Crippen LogP contribution in [0.5, 0.6) is 0 Å². The minimum absolute atomic E-state index is 0.0501. The lowest BCUT2D eigenvalue weighted by atomic mass is 9.94. The summed E-state index contributed by atoms with van der Waals surface area (Å²) in [7, 11) is 2.14. The molecular formula is C25H35N5O3. The molecular weight excluding hydrogens is 418 g/mol. The molecule has 1 N–H and O–H groups in total. The molecule has 8 nitrogen and oxygen atoms in total. The minimum Gasteiger partial charge on any atom is -0.463 e. The van der Waals surface area contributed by atoms with Crippen LogP contribution in [0.4, 0.5) is 0 Å². The van der Waals surface area contributed by atoms with Crippen molar-refractivity contribution in [3.05, 3.63) is 36.2 Å². The first-order valence-electron chi connectivity index (χ1n) is 12.2. The molecule has 1 saturated carbocycles. The van der Waals surface area contributed by atoms with Crippen LogP contribution in [0.1, 0.15) is 43.1 Å². The molecule has 1 aliphatic carbocycles. The maximum absolute atomic E-state index is 13.7. The Bertz CT molecular complexity index is 986. The Morgan fingerprint density at radius 3 is 2.52 bits per heavy atom. The van der Waals surface area contributed by atoms with E-state index in [1.54, 1.807) is 6.26 Å². The normalized spacial score (nSPS) is 24.9. The maximum atomic E-state index is 13.7. The van der Waals surface area contributed by atoms with Gasteiger partial charge in [0.1, 0.15) is 17.0 Å². The molecule has 2 amide bonds. The van der Waals surface area contributed by atoms with Crippen molar-refractivity contribution in [1.82, 2.24) is 24.6 Å². The average Bonchev–Trinajstić information content (AvgIpc) is 3.56. The molecule has 2 aromatic rings. The van der Waals surface area contributed by atoms with Crippen LogP contribution < -0.4 is 5.32 Å². The number of hydrogen-bond acceptors (Lipinski definition) is 5. The summed E-state index contributed by atoms with van der Waals surface area (Å²) in [5, 5.41) is 3.27. The Balaban J connectivity index is 1.43. The van der Waals surface area contributed by atoms with Gasteiger partial charge in [0.25, 0.3) is 5.91 Å². The van der Waals surface area contributed by atoms with Crippen LogP contribution >= 0.6 is 0 Å². The molecule has 0 unspecified atom stereocenters. The van der Waals surface area contributed by atoms with Crippen molar-refractivity contribution >= 4 is 11.8 Å². The molecule has 0 spiro atoms. The van der Waals surface area contributed by atoms with Crippen molar-refractivity contribution < 1.29 is 14.0 Å². The number of rotatable bonds is 6. The van der Waals surface area contributed by atoms with E-state index in [0.717, 1.165) is 64.1 Å². The van der Waals surface area contributed by atoms with Gasteiger partial charge in [-0.2, -0.15) is 0 Å². The van der Waals surface area contributed by atoms with E-state index in [1.807, 2.05) is 40.7 Å². The van der Waals surface area contributed by atoms with Gasteiger partial charge in [-0.15, -0.1) is 0 Å². The first-order chi connectivity index (χ1) is 16.0. The Labute approximate surface area is 195 Å². The molecule has 33 heavy (non-hydrogen) atoms. The second kappa shape index (κ2) is 8.99. The van der Waals surface area contributed by atoms with Crippen LogP contribution in [0, 0.1) is 0 Å². The third-order valence-corrected chi connectivity index (χ3v) is 7.70. The summed E-state index contributed by atoms with van der Waals surface area (Å²) in [6, 6.07) is 7.72.